The van der Waals surface area contributed by atoms with E-state index in [1.54, 1.807) is 6.07 Å². The van der Waals surface area contributed by atoms with E-state index in [0.29, 0.717) is 35.5 Å². The first-order chi connectivity index (χ1) is 18.0. The molecule has 188 valence electrons. The van der Waals surface area contributed by atoms with Crippen LogP contribution in [0.2, 0.25) is 5.02 Å². The normalized spacial score (nSPS) is 25.0. The molecule has 2 N–H and O–H groups in total. The fraction of sp³-hybridized carbons (Fsp3) is 0.357. The van der Waals surface area contributed by atoms with Crippen LogP contribution < -0.4 is 10.2 Å². The van der Waals surface area contributed by atoms with Gasteiger partial charge in [-0.3, -0.25) is 4.79 Å². The number of fused-ring (bicyclic) bond motifs is 1. The third-order valence-electron chi connectivity index (χ3n) is 7.76. The summed E-state index contributed by atoms with van der Waals surface area (Å²) in [7, 11) is 0. The first-order valence-electron chi connectivity index (χ1n) is 12.8. The second kappa shape index (κ2) is 8.82. The molecule has 3 fully saturated rings. The van der Waals surface area contributed by atoms with E-state index in [1.165, 1.54) is 24.7 Å². The Balaban J connectivity index is 1.09. The molecular formula is C28H27ClN6O2. The molecule has 0 spiro atoms. The van der Waals surface area contributed by atoms with Gasteiger partial charge in [0.25, 0.3) is 0 Å². The monoisotopic (exact) mass is 514 g/mol. The molecule has 0 radical (unpaired) electrons. The molecule has 1 unspecified atom stereocenters. The maximum atomic E-state index is 12.9. The van der Waals surface area contributed by atoms with Crippen molar-refractivity contribution in [3.8, 4) is 0 Å². The van der Waals surface area contributed by atoms with Gasteiger partial charge in [-0.05, 0) is 60.4 Å². The predicted octanol–water partition coefficient (Wildman–Crippen LogP) is 4.71. The number of hydrogen-bond donors (Lipinski definition) is 2. The largest absolute Gasteiger partial charge is 0.391 e. The lowest BCUT2D eigenvalue weighted by Gasteiger charge is -2.24. The van der Waals surface area contributed by atoms with Crippen molar-refractivity contribution in [3.63, 3.8) is 0 Å². The third-order valence-corrected chi connectivity index (χ3v) is 8.00. The molecular weight excluding hydrogens is 488 g/mol. The van der Waals surface area contributed by atoms with Crippen LogP contribution in [0.15, 0.2) is 61.2 Å². The van der Waals surface area contributed by atoms with Crippen LogP contribution >= 0.6 is 11.6 Å². The first kappa shape index (κ1) is 22.7. The molecule has 7 rings (SSSR count). The van der Waals surface area contributed by atoms with Gasteiger partial charge in [0.2, 0.25) is 5.91 Å². The molecule has 1 aliphatic heterocycles. The average Bonchev–Trinajstić information content (AvgIpc) is 3.81. The molecule has 37 heavy (non-hydrogen) atoms. The molecule has 2 saturated carbocycles. The number of β-amino-alcohol motifs (C(OH)–C–C–N with tert-alkyl or cyclic N) is 1. The first-order valence-corrected chi connectivity index (χ1v) is 13.2. The number of benzene rings is 1. The standard InChI is InChI=1S/C28H27ClN6O2/c29-19-3-1-2-17(8-19)21-10-22(21)28(37)33-25-11-27(31-15-30-25)35-13-20(36)9-24(35)23-14-34-12-18(16-4-5-16)6-7-26(34)32-23/h1-3,6-8,11-12,14-16,20-22,24,36H,4-5,9-10,13H2,(H,30,31,33,37)/t20-,21?,22+,24-/m1/s1. The lowest BCUT2D eigenvalue weighted by molar-refractivity contribution is -0.117. The van der Waals surface area contributed by atoms with Gasteiger partial charge in [0, 0.05) is 42.4 Å². The van der Waals surface area contributed by atoms with Gasteiger partial charge in [-0.1, -0.05) is 29.8 Å². The van der Waals surface area contributed by atoms with Gasteiger partial charge < -0.3 is 19.7 Å². The zero-order valence-corrected chi connectivity index (χ0v) is 20.9. The molecule has 1 amide bonds. The average molecular weight is 515 g/mol. The van der Waals surface area contributed by atoms with Gasteiger partial charge in [0.15, 0.2) is 0 Å². The van der Waals surface area contributed by atoms with E-state index < -0.39 is 6.10 Å². The van der Waals surface area contributed by atoms with Gasteiger partial charge in [-0.25, -0.2) is 15.0 Å². The number of carbonyl (C=O) groups excluding carboxylic acids is 1. The number of nitrogens with zero attached hydrogens (tertiary/aromatic N) is 5. The summed E-state index contributed by atoms with van der Waals surface area (Å²) < 4.78 is 2.09. The summed E-state index contributed by atoms with van der Waals surface area (Å²) in [5.41, 5.74) is 4.23. The Hall–Kier alpha value is -3.49. The molecule has 9 heteroatoms. The molecule has 4 aromatic rings. The summed E-state index contributed by atoms with van der Waals surface area (Å²) in [6.45, 7) is 0.440. The van der Waals surface area contributed by atoms with Gasteiger partial charge >= 0.3 is 0 Å². The van der Waals surface area contributed by atoms with Gasteiger partial charge in [-0.15, -0.1) is 0 Å². The Bertz CT molecular complexity index is 1500. The van der Waals surface area contributed by atoms with Crippen molar-refractivity contribution in [2.24, 2.45) is 5.92 Å². The highest BCUT2D eigenvalue weighted by Gasteiger charge is 2.44. The zero-order chi connectivity index (χ0) is 25.1. The van der Waals surface area contributed by atoms with E-state index >= 15 is 0 Å². The Kier molecular flexibility index (Phi) is 5.41. The van der Waals surface area contributed by atoms with Crippen LogP contribution in [0, 0.1) is 5.92 Å². The maximum absolute atomic E-state index is 12.9. The minimum atomic E-state index is -0.491. The van der Waals surface area contributed by atoms with Crippen LogP contribution in [-0.2, 0) is 4.79 Å². The number of aromatic nitrogens is 4. The van der Waals surface area contributed by atoms with E-state index in [2.05, 4.69) is 49.1 Å². The summed E-state index contributed by atoms with van der Waals surface area (Å²) in [5, 5.41) is 14.2. The predicted molar refractivity (Wildman–Crippen MR) is 141 cm³/mol. The van der Waals surface area contributed by atoms with Crippen LogP contribution in [0.1, 0.15) is 60.4 Å². The highest BCUT2D eigenvalue weighted by Crippen LogP contribution is 2.48. The maximum Gasteiger partial charge on any atom is 0.229 e. The Morgan fingerprint density at radius 1 is 1.05 bits per heavy atom. The number of imidazole rings is 1. The molecule has 3 aliphatic rings. The van der Waals surface area contributed by atoms with Crippen molar-refractivity contribution in [2.75, 3.05) is 16.8 Å². The van der Waals surface area contributed by atoms with Crippen LogP contribution in [0.3, 0.4) is 0 Å². The molecule has 2 aliphatic carbocycles. The second-order valence-corrected chi connectivity index (χ2v) is 10.9. The van der Waals surface area contributed by atoms with Crippen molar-refractivity contribution in [1.82, 2.24) is 19.4 Å². The molecule has 8 nitrogen and oxygen atoms in total. The number of rotatable bonds is 6. The topological polar surface area (TPSA) is 95.7 Å². The quantitative estimate of drug-likeness (QED) is 0.387. The van der Waals surface area contributed by atoms with Crippen molar-refractivity contribution in [3.05, 3.63) is 83.0 Å². The van der Waals surface area contributed by atoms with Gasteiger partial charge in [-0.2, -0.15) is 0 Å². The number of anilines is 2. The van der Waals surface area contributed by atoms with E-state index in [-0.39, 0.29) is 23.8 Å². The molecule has 1 aromatic carbocycles. The third kappa shape index (κ3) is 4.45. The molecule has 4 heterocycles. The Morgan fingerprint density at radius 2 is 1.95 bits per heavy atom. The van der Waals surface area contributed by atoms with Crippen LogP contribution in [0.5, 0.6) is 0 Å². The molecule has 1 saturated heterocycles. The summed E-state index contributed by atoms with van der Waals surface area (Å²) in [6.07, 6.45) is 9.06. The number of nitrogens with one attached hydrogen (secondary N) is 1. The van der Waals surface area contributed by atoms with Crippen LogP contribution in [0.25, 0.3) is 5.65 Å². The minimum absolute atomic E-state index is 0.0561. The second-order valence-electron chi connectivity index (χ2n) is 10.5. The summed E-state index contributed by atoms with van der Waals surface area (Å²) >= 11 is 6.12. The highest BCUT2D eigenvalue weighted by molar-refractivity contribution is 6.30. The minimum Gasteiger partial charge on any atom is -0.391 e. The van der Waals surface area contributed by atoms with Crippen LogP contribution in [-0.4, -0.2) is 43.0 Å². The summed E-state index contributed by atoms with van der Waals surface area (Å²) in [5.74, 6) is 1.80. The number of aliphatic hydroxyl groups excluding tert-OH is 1. The van der Waals surface area contributed by atoms with E-state index in [4.69, 9.17) is 16.6 Å². The molecule has 3 aromatic heterocycles. The van der Waals surface area contributed by atoms with Gasteiger partial charge in [0.05, 0.1) is 17.8 Å². The lowest BCUT2D eigenvalue weighted by atomic mass is 10.1. The zero-order valence-electron chi connectivity index (χ0n) is 20.2. The number of halogens is 1. The van der Waals surface area contributed by atoms with Gasteiger partial charge in [0.1, 0.15) is 23.6 Å². The number of hydrogen-bond acceptors (Lipinski definition) is 6. The Labute approximate surface area is 219 Å². The number of carbonyl (C=O) groups is 1. The van der Waals surface area contributed by atoms with E-state index in [1.807, 2.05) is 24.3 Å². The van der Waals surface area contributed by atoms with Crippen LogP contribution in [0.4, 0.5) is 11.6 Å². The van der Waals surface area contributed by atoms with E-state index in [0.717, 1.165) is 23.3 Å². The fourth-order valence-electron chi connectivity index (χ4n) is 5.58. The number of aliphatic hydroxyl groups is 1. The smallest absolute Gasteiger partial charge is 0.229 e. The van der Waals surface area contributed by atoms with Crippen molar-refractivity contribution < 1.29 is 9.90 Å². The number of pyridine rings is 1. The number of amides is 1. The molecule has 0 bridgehead atoms. The SMILES string of the molecule is O=C(Nc1cc(N2C[C@H](O)C[C@@H]2c2cn3cc(C4CC4)ccc3n2)ncn1)[C@H]1CC1c1cccc(Cl)c1. The summed E-state index contributed by atoms with van der Waals surface area (Å²) in [4.78, 5) is 28.6. The Morgan fingerprint density at radius 3 is 2.78 bits per heavy atom. The van der Waals surface area contributed by atoms with Crippen molar-refractivity contribution >= 4 is 34.8 Å². The van der Waals surface area contributed by atoms with E-state index in [9.17, 15) is 9.90 Å². The fourth-order valence-corrected chi connectivity index (χ4v) is 5.78. The van der Waals surface area contributed by atoms with Crippen molar-refractivity contribution in [1.29, 1.82) is 0 Å². The highest BCUT2D eigenvalue weighted by atomic mass is 35.5. The lowest BCUT2D eigenvalue weighted by Crippen LogP contribution is -2.26. The summed E-state index contributed by atoms with van der Waals surface area (Å²) in [6, 6.07) is 13.6. The molecule has 4 atom stereocenters. The van der Waals surface area contributed by atoms with Crippen molar-refractivity contribution in [2.45, 2.75) is 49.7 Å².